The molecule has 0 aliphatic heterocycles. The standard InChI is InChI=1S/C25H33N5O4S2/c1-6-29(7-2)12-18-27-22-20(16-10-8-9-11-17(16)35-22)23(32)30(18)13-19(31)28-25-26-15(5)21(36-25)24(33)34-14(3)4/h14H,6-13H2,1-5H3,(H,26,28,31). The number of aryl methyl sites for hydroxylation is 3. The second-order valence-electron chi connectivity index (χ2n) is 9.21. The molecule has 36 heavy (non-hydrogen) atoms. The van der Waals surface area contributed by atoms with Gasteiger partial charge in [-0.05, 0) is 65.1 Å². The van der Waals surface area contributed by atoms with Crippen molar-refractivity contribution in [3.8, 4) is 0 Å². The number of carbonyl (C=O) groups excluding carboxylic acids is 2. The normalized spacial score (nSPS) is 13.4. The van der Waals surface area contributed by atoms with E-state index in [0.717, 1.165) is 60.5 Å². The molecule has 0 spiro atoms. The van der Waals surface area contributed by atoms with Crippen molar-refractivity contribution in [3.05, 3.63) is 37.2 Å². The summed E-state index contributed by atoms with van der Waals surface area (Å²) in [5.41, 5.74) is 1.44. The van der Waals surface area contributed by atoms with Crippen molar-refractivity contribution in [1.82, 2.24) is 19.4 Å². The molecule has 0 bridgehead atoms. The Hall–Kier alpha value is -2.63. The average Bonchev–Trinajstić information content (AvgIpc) is 3.38. The van der Waals surface area contributed by atoms with Crippen LogP contribution in [0.1, 0.15) is 72.2 Å². The third kappa shape index (κ3) is 5.52. The van der Waals surface area contributed by atoms with E-state index in [1.54, 1.807) is 32.1 Å². The van der Waals surface area contributed by atoms with Crippen LogP contribution in [0.5, 0.6) is 0 Å². The molecular weight excluding hydrogens is 498 g/mol. The maximum absolute atomic E-state index is 13.7. The third-order valence-corrected chi connectivity index (χ3v) is 8.52. The first-order valence-electron chi connectivity index (χ1n) is 12.5. The molecule has 11 heteroatoms. The van der Waals surface area contributed by atoms with Gasteiger partial charge in [-0.3, -0.25) is 19.1 Å². The molecule has 0 saturated carbocycles. The second kappa shape index (κ2) is 11.2. The van der Waals surface area contributed by atoms with Gasteiger partial charge in [-0.25, -0.2) is 14.8 Å². The Balaban J connectivity index is 1.65. The molecule has 1 N–H and O–H groups in total. The number of hydrogen-bond acceptors (Lipinski definition) is 9. The van der Waals surface area contributed by atoms with E-state index in [9.17, 15) is 14.4 Å². The molecule has 4 rings (SSSR count). The fraction of sp³-hybridized carbons (Fsp3) is 0.560. The van der Waals surface area contributed by atoms with Gasteiger partial charge in [0.1, 0.15) is 22.1 Å². The lowest BCUT2D eigenvalue weighted by atomic mass is 9.97. The maximum atomic E-state index is 13.7. The highest BCUT2D eigenvalue weighted by molar-refractivity contribution is 7.19. The van der Waals surface area contributed by atoms with Gasteiger partial charge in [0.2, 0.25) is 5.91 Å². The molecule has 194 valence electrons. The first-order chi connectivity index (χ1) is 17.2. The number of carbonyl (C=O) groups is 2. The minimum absolute atomic E-state index is 0.159. The highest BCUT2D eigenvalue weighted by Gasteiger charge is 2.24. The summed E-state index contributed by atoms with van der Waals surface area (Å²) in [4.78, 5) is 52.9. The maximum Gasteiger partial charge on any atom is 0.350 e. The Bertz CT molecular complexity index is 1340. The number of amides is 1. The Morgan fingerprint density at radius 3 is 2.56 bits per heavy atom. The summed E-state index contributed by atoms with van der Waals surface area (Å²) in [6.07, 6.45) is 3.79. The molecular formula is C25H33N5O4S2. The van der Waals surface area contributed by atoms with Crippen molar-refractivity contribution in [1.29, 1.82) is 0 Å². The van der Waals surface area contributed by atoms with Gasteiger partial charge in [-0.2, -0.15) is 0 Å². The average molecular weight is 532 g/mol. The Kier molecular flexibility index (Phi) is 8.21. The Labute approximate surface area is 218 Å². The number of esters is 1. The number of ether oxygens (including phenoxy) is 1. The van der Waals surface area contributed by atoms with Crippen molar-refractivity contribution in [3.63, 3.8) is 0 Å². The SMILES string of the molecule is CCN(CC)Cc1nc2sc3c(c2c(=O)n1CC(=O)Nc1nc(C)c(C(=O)OC(C)C)s1)CCCC3. The van der Waals surface area contributed by atoms with Crippen LogP contribution in [0, 0.1) is 6.92 Å². The van der Waals surface area contributed by atoms with E-state index < -0.39 is 5.97 Å². The number of thiophene rings is 1. The molecule has 3 aromatic heterocycles. The van der Waals surface area contributed by atoms with Gasteiger partial charge in [-0.15, -0.1) is 11.3 Å². The highest BCUT2D eigenvalue weighted by atomic mass is 32.1. The van der Waals surface area contributed by atoms with Crippen LogP contribution in [0.2, 0.25) is 0 Å². The number of hydrogen-bond donors (Lipinski definition) is 1. The fourth-order valence-corrected chi connectivity index (χ4v) is 6.56. The molecule has 0 unspecified atom stereocenters. The molecule has 0 radical (unpaired) electrons. The van der Waals surface area contributed by atoms with Crippen LogP contribution < -0.4 is 10.9 Å². The zero-order valence-electron chi connectivity index (χ0n) is 21.5. The topological polar surface area (TPSA) is 106 Å². The Morgan fingerprint density at radius 2 is 1.86 bits per heavy atom. The second-order valence-corrected chi connectivity index (χ2v) is 11.3. The summed E-state index contributed by atoms with van der Waals surface area (Å²) in [6.45, 7) is 11.3. The van der Waals surface area contributed by atoms with E-state index in [-0.39, 0.29) is 24.1 Å². The molecule has 0 fully saturated rings. The number of nitrogens with zero attached hydrogens (tertiary/aromatic N) is 4. The third-order valence-electron chi connectivity index (χ3n) is 6.29. The Morgan fingerprint density at radius 1 is 1.14 bits per heavy atom. The lowest BCUT2D eigenvalue weighted by Gasteiger charge is -2.20. The van der Waals surface area contributed by atoms with Crippen LogP contribution in [0.3, 0.4) is 0 Å². The van der Waals surface area contributed by atoms with Crippen LogP contribution in [-0.2, 0) is 35.5 Å². The largest absolute Gasteiger partial charge is 0.459 e. The predicted molar refractivity (Wildman–Crippen MR) is 143 cm³/mol. The summed E-state index contributed by atoms with van der Waals surface area (Å²) < 4.78 is 6.77. The van der Waals surface area contributed by atoms with E-state index in [2.05, 4.69) is 29.0 Å². The molecule has 0 atom stereocenters. The molecule has 0 aromatic carbocycles. The van der Waals surface area contributed by atoms with Gasteiger partial charge < -0.3 is 10.1 Å². The van der Waals surface area contributed by atoms with Gasteiger partial charge >= 0.3 is 5.97 Å². The van der Waals surface area contributed by atoms with Gasteiger partial charge in [0.25, 0.3) is 5.56 Å². The van der Waals surface area contributed by atoms with Crippen molar-refractivity contribution in [2.75, 3.05) is 18.4 Å². The first kappa shape index (κ1) is 26.4. The fourth-order valence-electron chi connectivity index (χ4n) is 4.42. The monoisotopic (exact) mass is 531 g/mol. The van der Waals surface area contributed by atoms with Crippen molar-refractivity contribution in [2.45, 2.75) is 79.5 Å². The number of rotatable bonds is 9. The minimum Gasteiger partial charge on any atom is -0.459 e. The van der Waals surface area contributed by atoms with E-state index in [4.69, 9.17) is 9.72 Å². The zero-order valence-corrected chi connectivity index (χ0v) is 23.1. The highest BCUT2D eigenvalue weighted by Crippen LogP contribution is 2.34. The first-order valence-corrected chi connectivity index (χ1v) is 14.1. The van der Waals surface area contributed by atoms with Crippen LogP contribution >= 0.6 is 22.7 Å². The molecule has 9 nitrogen and oxygen atoms in total. The molecule has 1 amide bonds. The predicted octanol–water partition coefficient (Wildman–Crippen LogP) is 4.15. The number of anilines is 1. The van der Waals surface area contributed by atoms with Crippen LogP contribution in [0.4, 0.5) is 5.13 Å². The lowest BCUT2D eigenvalue weighted by Crippen LogP contribution is -2.34. The quantitative estimate of drug-likeness (QED) is 0.414. The van der Waals surface area contributed by atoms with Crippen LogP contribution in [-0.4, -0.2) is 50.5 Å². The molecule has 3 aromatic rings. The smallest absolute Gasteiger partial charge is 0.350 e. The van der Waals surface area contributed by atoms with Crippen LogP contribution in [0.15, 0.2) is 4.79 Å². The van der Waals surface area contributed by atoms with Gasteiger partial charge in [0.15, 0.2) is 5.13 Å². The summed E-state index contributed by atoms with van der Waals surface area (Å²) in [5, 5.41) is 3.72. The summed E-state index contributed by atoms with van der Waals surface area (Å²) in [7, 11) is 0. The minimum atomic E-state index is -0.463. The number of thiazole rings is 1. The van der Waals surface area contributed by atoms with Crippen LogP contribution in [0.25, 0.3) is 10.2 Å². The van der Waals surface area contributed by atoms with Gasteiger partial charge in [0, 0.05) is 4.88 Å². The summed E-state index contributed by atoms with van der Waals surface area (Å²) in [6, 6.07) is 0. The van der Waals surface area contributed by atoms with E-state index in [0.29, 0.717) is 33.5 Å². The molecule has 1 aliphatic carbocycles. The zero-order chi connectivity index (χ0) is 26.0. The van der Waals surface area contributed by atoms with Crippen molar-refractivity contribution < 1.29 is 14.3 Å². The number of fused-ring (bicyclic) bond motifs is 3. The van der Waals surface area contributed by atoms with E-state index in [1.165, 1.54) is 9.44 Å². The van der Waals surface area contributed by atoms with Crippen molar-refractivity contribution in [2.24, 2.45) is 0 Å². The van der Waals surface area contributed by atoms with Gasteiger partial charge in [0.05, 0.1) is 23.7 Å². The van der Waals surface area contributed by atoms with Crippen molar-refractivity contribution >= 4 is 49.9 Å². The number of nitrogens with one attached hydrogen (secondary N) is 1. The summed E-state index contributed by atoms with van der Waals surface area (Å²) >= 11 is 2.69. The molecule has 0 saturated heterocycles. The van der Waals surface area contributed by atoms with E-state index in [1.807, 2.05) is 0 Å². The lowest BCUT2D eigenvalue weighted by molar-refractivity contribution is -0.116. The molecule has 1 aliphatic rings. The van der Waals surface area contributed by atoms with E-state index >= 15 is 0 Å². The number of aromatic nitrogens is 3. The van der Waals surface area contributed by atoms with Gasteiger partial charge in [-0.1, -0.05) is 25.2 Å². The summed E-state index contributed by atoms with van der Waals surface area (Å²) in [5.74, 6) is -0.266. The molecule has 3 heterocycles.